The normalized spacial score (nSPS) is 13.6. The first-order valence-electron chi connectivity index (χ1n) is 7.01. The van der Waals surface area contributed by atoms with Gasteiger partial charge in [-0.25, -0.2) is 0 Å². The lowest BCUT2D eigenvalue weighted by molar-refractivity contribution is 0.116. The van der Waals surface area contributed by atoms with Crippen molar-refractivity contribution in [3.8, 4) is 0 Å². The summed E-state index contributed by atoms with van der Waals surface area (Å²) >= 11 is 0. The Kier molecular flexibility index (Phi) is 10.9. The Morgan fingerprint density at radius 3 is 1.94 bits per heavy atom. The molecule has 0 amide bonds. The van der Waals surface area contributed by atoms with Crippen molar-refractivity contribution < 1.29 is 5.11 Å². The Bertz CT molecular complexity index is 159. The number of aliphatic hydroxyl groups excluding tert-OH is 1. The predicted molar refractivity (Wildman–Crippen MR) is 74.5 cm³/mol. The van der Waals surface area contributed by atoms with Crippen LogP contribution in [0.3, 0.4) is 0 Å². The van der Waals surface area contributed by atoms with E-state index in [1.807, 2.05) is 0 Å². The monoisotopic (exact) mass is 245 g/mol. The Labute approximate surface area is 107 Å². The standard InChI is InChI=1S/C13H31N3O/c1-5-15(6-2)10-9-14-11-13(17)12-16(7-3)8-4/h13-14,17H,5-12H2,1-4H3. The summed E-state index contributed by atoms with van der Waals surface area (Å²) in [4.78, 5) is 4.63. The molecule has 17 heavy (non-hydrogen) atoms. The maximum Gasteiger partial charge on any atom is 0.0791 e. The minimum Gasteiger partial charge on any atom is -0.390 e. The highest BCUT2D eigenvalue weighted by Gasteiger charge is 2.08. The van der Waals surface area contributed by atoms with Crippen LogP contribution in [-0.4, -0.2) is 73.4 Å². The Hall–Kier alpha value is -0.160. The number of rotatable bonds is 11. The second kappa shape index (κ2) is 11.0. The first-order valence-corrected chi connectivity index (χ1v) is 7.01. The van der Waals surface area contributed by atoms with Crippen molar-refractivity contribution in [2.75, 3.05) is 52.4 Å². The average molecular weight is 245 g/mol. The van der Waals surface area contributed by atoms with Gasteiger partial charge < -0.3 is 20.2 Å². The molecule has 0 aromatic heterocycles. The van der Waals surface area contributed by atoms with Crippen molar-refractivity contribution in [1.82, 2.24) is 15.1 Å². The van der Waals surface area contributed by atoms with Gasteiger partial charge in [0.2, 0.25) is 0 Å². The second-order valence-corrected chi connectivity index (χ2v) is 4.37. The lowest BCUT2D eigenvalue weighted by Crippen LogP contribution is -2.40. The zero-order valence-corrected chi connectivity index (χ0v) is 12.1. The van der Waals surface area contributed by atoms with Crippen LogP contribution in [0.1, 0.15) is 27.7 Å². The fraction of sp³-hybridized carbons (Fsp3) is 1.00. The van der Waals surface area contributed by atoms with Crippen LogP contribution in [-0.2, 0) is 0 Å². The molecule has 0 fully saturated rings. The molecule has 0 saturated carbocycles. The molecular weight excluding hydrogens is 214 g/mol. The third-order valence-corrected chi connectivity index (χ3v) is 3.24. The summed E-state index contributed by atoms with van der Waals surface area (Å²) < 4.78 is 0. The molecule has 0 aliphatic heterocycles. The van der Waals surface area contributed by atoms with Crippen LogP contribution < -0.4 is 5.32 Å². The molecular formula is C13H31N3O. The van der Waals surface area contributed by atoms with E-state index in [1.165, 1.54) is 0 Å². The minimum absolute atomic E-state index is 0.258. The van der Waals surface area contributed by atoms with Crippen molar-refractivity contribution >= 4 is 0 Å². The molecule has 1 atom stereocenters. The van der Waals surface area contributed by atoms with Gasteiger partial charge in [0.1, 0.15) is 0 Å². The Morgan fingerprint density at radius 1 is 0.941 bits per heavy atom. The third-order valence-electron chi connectivity index (χ3n) is 3.24. The SMILES string of the molecule is CCN(CC)CCNCC(O)CN(CC)CC. The van der Waals surface area contributed by atoms with Gasteiger partial charge in [-0.15, -0.1) is 0 Å². The molecule has 0 aromatic carbocycles. The minimum atomic E-state index is -0.258. The van der Waals surface area contributed by atoms with Gasteiger partial charge in [-0.2, -0.15) is 0 Å². The maximum absolute atomic E-state index is 9.84. The van der Waals surface area contributed by atoms with Crippen LogP contribution in [0.25, 0.3) is 0 Å². The molecule has 4 nitrogen and oxygen atoms in total. The van der Waals surface area contributed by atoms with E-state index in [2.05, 4.69) is 42.8 Å². The summed E-state index contributed by atoms with van der Waals surface area (Å²) in [7, 11) is 0. The molecule has 0 bridgehead atoms. The highest BCUT2D eigenvalue weighted by molar-refractivity contribution is 4.66. The zero-order chi connectivity index (χ0) is 13.1. The lowest BCUT2D eigenvalue weighted by atomic mass is 10.3. The van der Waals surface area contributed by atoms with Gasteiger partial charge in [0.05, 0.1) is 6.10 Å². The van der Waals surface area contributed by atoms with Gasteiger partial charge in [-0.1, -0.05) is 27.7 Å². The van der Waals surface area contributed by atoms with Crippen molar-refractivity contribution in [2.45, 2.75) is 33.8 Å². The summed E-state index contributed by atoms with van der Waals surface area (Å²) in [5, 5.41) is 13.2. The van der Waals surface area contributed by atoms with Gasteiger partial charge in [0.25, 0.3) is 0 Å². The second-order valence-electron chi connectivity index (χ2n) is 4.37. The average Bonchev–Trinajstić information content (AvgIpc) is 2.36. The Morgan fingerprint density at radius 2 is 1.47 bits per heavy atom. The van der Waals surface area contributed by atoms with E-state index in [4.69, 9.17) is 0 Å². The highest BCUT2D eigenvalue weighted by Crippen LogP contribution is 1.91. The summed E-state index contributed by atoms with van der Waals surface area (Å²) in [6.45, 7) is 16.3. The first kappa shape index (κ1) is 16.8. The van der Waals surface area contributed by atoms with Crippen molar-refractivity contribution in [3.63, 3.8) is 0 Å². The van der Waals surface area contributed by atoms with Crippen molar-refractivity contribution in [3.05, 3.63) is 0 Å². The van der Waals surface area contributed by atoms with Gasteiger partial charge in [-0.3, -0.25) is 0 Å². The predicted octanol–water partition coefficient (Wildman–Crippen LogP) is 0.621. The third kappa shape index (κ3) is 8.55. The van der Waals surface area contributed by atoms with Crippen LogP contribution in [0.5, 0.6) is 0 Å². The number of nitrogens with one attached hydrogen (secondary N) is 1. The Balaban J connectivity index is 3.53. The van der Waals surface area contributed by atoms with E-state index in [0.717, 1.165) is 45.8 Å². The van der Waals surface area contributed by atoms with Gasteiger partial charge in [0, 0.05) is 26.2 Å². The number of hydrogen-bond donors (Lipinski definition) is 2. The van der Waals surface area contributed by atoms with Crippen LogP contribution >= 0.6 is 0 Å². The summed E-state index contributed by atoms with van der Waals surface area (Å²) in [6.07, 6.45) is -0.258. The van der Waals surface area contributed by atoms with E-state index < -0.39 is 0 Å². The topological polar surface area (TPSA) is 38.7 Å². The molecule has 0 rings (SSSR count). The molecule has 0 aliphatic carbocycles. The molecule has 0 heterocycles. The number of aliphatic hydroxyl groups is 1. The van der Waals surface area contributed by atoms with E-state index >= 15 is 0 Å². The summed E-state index contributed by atoms with van der Waals surface area (Å²) in [5.74, 6) is 0. The van der Waals surface area contributed by atoms with Crippen molar-refractivity contribution in [1.29, 1.82) is 0 Å². The lowest BCUT2D eigenvalue weighted by Gasteiger charge is -2.23. The van der Waals surface area contributed by atoms with Crippen LogP contribution in [0.15, 0.2) is 0 Å². The van der Waals surface area contributed by atoms with E-state index in [-0.39, 0.29) is 6.10 Å². The fourth-order valence-corrected chi connectivity index (χ4v) is 1.89. The number of likely N-dealkylation sites (N-methyl/N-ethyl adjacent to an activating group) is 2. The van der Waals surface area contributed by atoms with Crippen LogP contribution in [0.2, 0.25) is 0 Å². The van der Waals surface area contributed by atoms with Gasteiger partial charge in [-0.05, 0) is 26.2 Å². The fourth-order valence-electron chi connectivity index (χ4n) is 1.89. The van der Waals surface area contributed by atoms with Crippen LogP contribution in [0, 0.1) is 0 Å². The van der Waals surface area contributed by atoms with E-state index in [9.17, 15) is 5.11 Å². The van der Waals surface area contributed by atoms with E-state index in [1.54, 1.807) is 0 Å². The molecule has 0 aliphatic rings. The largest absolute Gasteiger partial charge is 0.390 e. The molecule has 0 radical (unpaired) electrons. The number of hydrogen-bond acceptors (Lipinski definition) is 4. The molecule has 0 saturated heterocycles. The smallest absolute Gasteiger partial charge is 0.0791 e. The van der Waals surface area contributed by atoms with Crippen LogP contribution in [0.4, 0.5) is 0 Å². The van der Waals surface area contributed by atoms with Crippen molar-refractivity contribution in [2.24, 2.45) is 0 Å². The maximum atomic E-state index is 9.84. The molecule has 2 N–H and O–H groups in total. The molecule has 1 unspecified atom stereocenters. The molecule has 0 spiro atoms. The zero-order valence-electron chi connectivity index (χ0n) is 12.1. The highest BCUT2D eigenvalue weighted by atomic mass is 16.3. The summed E-state index contributed by atoms with van der Waals surface area (Å²) in [6, 6.07) is 0. The quantitative estimate of drug-likeness (QED) is 0.524. The van der Waals surface area contributed by atoms with Gasteiger partial charge >= 0.3 is 0 Å². The number of nitrogens with zero attached hydrogens (tertiary/aromatic N) is 2. The first-order chi connectivity index (χ1) is 8.17. The van der Waals surface area contributed by atoms with E-state index in [0.29, 0.717) is 6.54 Å². The molecule has 4 heteroatoms. The summed E-state index contributed by atoms with van der Waals surface area (Å²) in [5.41, 5.74) is 0. The van der Waals surface area contributed by atoms with Gasteiger partial charge in [0.15, 0.2) is 0 Å². The molecule has 0 aromatic rings. The molecule has 104 valence electrons.